The smallest absolute Gasteiger partial charge is 0.236 e. The molecule has 3 N–H and O–H groups in total. The van der Waals surface area contributed by atoms with Gasteiger partial charge in [0.2, 0.25) is 9.70 Å². The second kappa shape index (κ2) is 8.41. The number of halogens is 4. The second-order valence-electron chi connectivity index (χ2n) is 4.84. The first-order valence-corrected chi connectivity index (χ1v) is 8.85. The van der Waals surface area contributed by atoms with Crippen LogP contribution >= 0.6 is 58.6 Å². The summed E-state index contributed by atoms with van der Waals surface area (Å²) in [6, 6.07) is 13.7. The van der Waals surface area contributed by atoms with Crippen molar-refractivity contribution in [2.24, 2.45) is 0 Å². The Kier molecular flexibility index (Phi) is 6.78. The molecule has 2 aromatic carbocycles. The van der Waals surface area contributed by atoms with Crippen molar-refractivity contribution in [3.05, 3.63) is 42.5 Å². The minimum Gasteiger partial charge on any atom is -0.339 e. The van der Waals surface area contributed by atoms with Gasteiger partial charge in [-0.2, -0.15) is 0 Å². The zero-order chi connectivity index (χ0) is 17.7. The van der Waals surface area contributed by atoms with Gasteiger partial charge in [-0.1, -0.05) is 65.1 Å². The number of fused-ring (bicyclic) bond motifs is 1. The molecule has 0 heterocycles. The van der Waals surface area contributed by atoms with Crippen LogP contribution in [0.1, 0.15) is 0 Å². The van der Waals surface area contributed by atoms with Gasteiger partial charge in [-0.15, -0.1) is 11.6 Å². The highest BCUT2D eigenvalue weighted by Crippen LogP contribution is 2.29. The number of anilines is 1. The second-order valence-corrected chi connectivity index (χ2v) is 7.88. The van der Waals surface area contributed by atoms with Gasteiger partial charge in [0.15, 0.2) is 5.11 Å². The molecule has 9 heteroatoms. The largest absolute Gasteiger partial charge is 0.339 e. The molecule has 0 aliphatic heterocycles. The number of hydrogen-bond acceptors (Lipinski definition) is 2. The van der Waals surface area contributed by atoms with Gasteiger partial charge in [-0.05, 0) is 35.1 Å². The summed E-state index contributed by atoms with van der Waals surface area (Å²) in [5, 5.41) is 10.5. The number of amides is 1. The SMILES string of the molecule is O=C(CCl)N[C@@H](NC(=S)Nc1ccc2ccccc2c1)C(Cl)(Cl)Cl. The molecule has 1 amide bonds. The van der Waals surface area contributed by atoms with E-state index in [4.69, 9.17) is 58.6 Å². The maximum Gasteiger partial charge on any atom is 0.236 e. The van der Waals surface area contributed by atoms with Crippen LogP contribution in [0.2, 0.25) is 0 Å². The van der Waals surface area contributed by atoms with Crippen molar-refractivity contribution in [2.45, 2.75) is 9.96 Å². The molecule has 0 aliphatic rings. The van der Waals surface area contributed by atoms with Gasteiger partial charge in [0.25, 0.3) is 0 Å². The van der Waals surface area contributed by atoms with Gasteiger partial charge < -0.3 is 16.0 Å². The molecule has 0 saturated carbocycles. The molecule has 24 heavy (non-hydrogen) atoms. The number of benzene rings is 2. The number of rotatable bonds is 4. The van der Waals surface area contributed by atoms with E-state index in [-0.39, 0.29) is 11.0 Å². The van der Waals surface area contributed by atoms with Crippen molar-refractivity contribution in [3.8, 4) is 0 Å². The molecule has 0 fully saturated rings. The first-order valence-electron chi connectivity index (χ1n) is 6.78. The molecule has 0 radical (unpaired) electrons. The van der Waals surface area contributed by atoms with E-state index >= 15 is 0 Å². The maximum atomic E-state index is 11.4. The minimum atomic E-state index is -1.81. The Bertz CT molecular complexity index is 751. The number of thiocarbonyl (C=S) groups is 1. The zero-order valence-corrected chi connectivity index (χ0v) is 16.0. The van der Waals surface area contributed by atoms with Crippen LogP contribution in [0.4, 0.5) is 5.69 Å². The van der Waals surface area contributed by atoms with Crippen molar-refractivity contribution in [1.29, 1.82) is 0 Å². The lowest BCUT2D eigenvalue weighted by Crippen LogP contribution is -2.56. The molecular weight excluding hydrogens is 412 g/mol. The molecule has 0 aromatic heterocycles. The van der Waals surface area contributed by atoms with E-state index in [0.29, 0.717) is 0 Å². The molecule has 0 bridgehead atoms. The van der Waals surface area contributed by atoms with E-state index in [0.717, 1.165) is 16.5 Å². The molecule has 0 spiro atoms. The molecular formula is C15H13Cl4N3OS. The van der Waals surface area contributed by atoms with Gasteiger partial charge in [-0.3, -0.25) is 4.79 Å². The number of hydrogen-bond donors (Lipinski definition) is 3. The standard InChI is InChI=1S/C15H13Cl4N3OS/c16-8-12(23)21-13(15(17,18)19)22-14(24)20-11-6-5-9-3-1-2-4-10(9)7-11/h1-7,13H,8H2,(H,21,23)(H2,20,22,24)/t13-/m0/s1. The normalized spacial score (nSPS) is 12.5. The van der Waals surface area contributed by atoms with E-state index in [1.807, 2.05) is 42.5 Å². The van der Waals surface area contributed by atoms with Crippen molar-refractivity contribution in [3.63, 3.8) is 0 Å². The monoisotopic (exact) mass is 423 g/mol. The summed E-state index contributed by atoms with van der Waals surface area (Å²) in [5.74, 6) is -0.752. The summed E-state index contributed by atoms with van der Waals surface area (Å²) in [5.41, 5.74) is 0.762. The summed E-state index contributed by atoms with van der Waals surface area (Å²) < 4.78 is -1.81. The zero-order valence-electron chi connectivity index (χ0n) is 12.2. The quantitative estimate of drug-likeness (QED) is 0.391. The van der Waals surface area contributed by atoms with Crippen molar-refractivity contribution in [1.82, 2.24) is 10.6 Å². The van der Waals surface area contributed by atoms with Crippen molar-refractivity contribution in [2.75, 3.05) is 11.2 Å². The Labute approximate surface area is 164 Å². The van der Waals surface area contributed by atoms with Crippen LogP contribution in [-0.4, -0.2) is 26.9 Å². The van der Waals surface area contributed by atoms with Gasteiger partial charge in [-0.25, -0.2) is 0 Å². The summed E-state index contributed by atoms with van der Waals surface area (Å²) in [6.45, 7) is 0. The van der Waals surface area contributed by atoms with Crippen molar-refractivity contribution < 1.29 is 4.79 Å². The number of carbonyl (C=O) groups excluding carboxylic acids is 1. The molecule has 0 unspecified atom stereocenters. The van der Waals surface area contributed by atoms with E-state index in [1.165, 1.54) is 0 Å². The molecule has 128 valence electrons. The van der Waals surface area contributed by atoms with Crippen molar-refractivity contribution >= 4 is 86.1 Å². The fourth-order valence-electron chi connectivity index (χ4n) is 1.96. The Morgan fingerprint density at radius 3 is 2.38 bits per heavy atom. The highest BCUT2D eigenvalue weighted by Gasteiger charge is 2.34. The molecule has 2 rings (SSSR count). The molecule has 1 atom stereocenters. The van der Waals surface area contributed by atoms with E-state index in [1.54, 1.807) is 0 Å². The van der Waals surface area contributed by atoms with Gasteiger partial charge in [0.1, 0.15) is 12.0 Å². The Hall–Kier alpha value is -0.980. The number of nitrogens with one attached hydrogen (secondary N) is 3. The molecule has 2 aromatic rings. The maximum absolute atomic E-state index is 11.4. The number of alkyl halides is 4. The van der Waals surface area contributed by atoms with Gasteiger partial charge in [0.05, 0.1) is 0 Å². The molecule has 4 nitrogen and oxygen atoms in total. The first kappa shape index (κ1) is 19.3. The first-order chi connectivity index (χ1) is 11.3. The van der Waals surface area contributed by atoms with Crippen LogP contribution in [0.5, 0.6) is 0 Å². The fraction of sp³-hybridized carbons (Fsp3) is 0.200. The topological polar surface area (TPSA) is 53.2 Å². The van der Waals surface area contributed by atoms with Crippen LogP contribution in [0.3, 0.4) is 0 Å². The summed E-state index contributed by atoms with van der Waals surface area (Å²) in [7, 11) is 0. The Balaban J connectivity index is 2.07. The van der Waals surface area contributed by atoms with E-state index < -0.39 is 15.9 Å². The predicted octanol–water partition coefficient (Wildman–Crippen LogP) is 4.18. The molecule has 0 aliphatic carbocycles. The van der Waals surface area contributed by atoms with Crippen LogP contribution in [0.25, 0.3) is 10.8 Å². The Morgan fingerprint density at radius 2 is 1.75 bits per heavy atom. The van der Waals surface area contributed by atoms with Gasteiger partial charge in [0, 0.05) is 5.69 Å². The molecule has 0 saturated heterocycles. The average molecular weight is 425 g/mol. The van der Waals surface area contributed by atoms with E-state index in [9.17, 15) is 4.79 Å². The third kappa shape index (κ3) is 5.53. The average Bonchev–Trinajstić information content (AvgIpc) is 2.53. The third-order valence-corrected chi connectivity index (χ3v) is 4.15. The lowest BCUT2D eigenvalue weighted by atomic mass is 10.1. The minimum absolute atomic E-state index is 0.191. The highest BCUT2D eigenvalue weighted by molar-refractivity contribution is 7.80. The lowest BCUT2D eigenvalue weighted by molar-refractivity contribution is -0.119. The van der Waals surface area contributed by atoms with Crippen LogP contribution in [0, 0.1) is 0 Å². The predicted molar refractivity (Wildman–Crippen MR) is 106 cm³/mol. The summed E-state index contributed by atoms with van der Waals surface area (Å²) in [6.07, 6.45) is -1.03. The van der Waals surface area contributed by atoms with Gasteiger partial charge >= 0.3 is 0 Å². The number of carbonyl (C=O) groups is 1. The lowest BCUT2D eigenvalue weighted by Gasteiger charge is -2.27. The third-order valence-electron chi connectivity index (χ3n) is 3.04. The van der Waals surface area contributed by atoms with Crippen LogP contribution in [-0.2, 0) is 4.79 Å². The summed E-state index contributed by atoms with van der Waals surface area (Å²) in [4.78, 5) is 11.4. The summed E-state index contributed by atoms with van der Waals surface area (Å²) >= 11 is 28.2. The van der Waals surface area contributed by atoms with Crippen LogP contribution < -0.4 is 16.0 Å². The van der Waals surface area contributed by atoms with E-state index in [2.05, 4.69) is 16.0 Å². The Morgan fingerprint density at radius 1 is 1.08 bits per heavy atom. The fourth-order valence-corrected chi connectivity index (χ4v) is 2.60. The van der Waals surface area contributed by atoms with Crippen LogP contribution in [0.15, 0.2) is 42.5 Å². The highest BCUT2D eigenvalue weighted by atomic mass is 35.6.